The summed E-state index contributed by atoms with van der Waals surface area (Å²) >= 11 is 0. The summed E-state index contributed by atoms with van der Waals surface area (Å²) in [5.41, 5.74) is 0.831. The number of carbonyl (C=O) groups is 1. The van der Waals surface area contributed by atoms with Gasteiger partial charge < -0.3 is 10.2 Å². The monoisotopic (exact) mass is 264 g/mol. The van der Waals surface area contributed by atoms with Crippen LogP contribution in [0, 0.1) is 11.7 Å². The molecule has 1 aliphatic rings. The van der Waals surface area contributed by atoms with Gasteiger partial charge in [-0.15, -0.1) is 0 Å². The van der Waals surface area contributed by atoms with Crippen LogP contribution in [0.3, 0.4) is 0 Å². The summed E-state index contributed by atoms with van der Waals surface area (Å²) < 4.78 is 13.1. The molecule has 19 heavy (non-hydrogen) atoms. The first kappa shape index (κ1) is 14.0. The van der Waals surface area contributed by atoms with Gasteiger partial charge in [-0.25, -0.2) is 4.39 Å². The van der Waals surface area contributed by atoms with E-state index in [1.165, 1.54) is 25.0 Å². The molecule has 0 atom stereocenters. The number of rotatable bonds is 7. The zero-order valence-electron chi connectivity index (χ0n) is 11.4. The SMILES string of the molecule is CCN(Cc1cccc(F)c1)C(=O)CNCC1CC1. The molecule has 0 aromatic heterocycles. The molecule has 0 radical (unpaired) electrons. The number of halogens is 1. The third-order valence-electron chi connectivity index (χ3n) is 3.40. The molecule has 1 amide bonds. The molecule has 1 fully saturated rings. The lowest BCUT2D eigenvalue weighted by atomic mass is 10.2. The summed E-state index contributed by atoms with van der Waals surface area (Å²) in [6.07, 6.45) is 2.56. The zero-order chi connectivity index (χ0) is 13.7. The van der Waals surface area contributed by atoms with Crippen LogP contribution in [0.2, 0.25) is 0 Å². The Bertz CT molecular complexity index is 432. The third kappa shape index (κ3) is 4.63. The zero-order valence-corrected chi connectivity index (χ0v) is 11.4. The average molecular weight is 264 g/mol. The minimum Gasteiger partial charge on any atom is -0.338 e. The molecule has 1 saturated carbocycles. The Kier molecular flexibility index (Phi) is 4.91. The van der Waals surface area contributed by atoms with E-state index in [0.29, 0.717) is 19.6 Å². The van der Waals surface area contributed by atoms with Crippen molar-refractivity contribution in [1.29, 1.82) is 0 Å². The van der Waals surface area contributed by atoms with Crippen molar-refractivity contribution in [1.82, 2.24) is 10.2 Å². The molecule has 1 N–H and O–H groups in total. The maximum atomic E-state index is 13.1. The Morgan fingerprint density at radius 3 is 2.89 bits per heavy atom. The van der Waals surface area contributed by atoms with Crippen molar-refractivity contribution in [3.63, 3.8) is 0 Å². The summed E-state index contributed by atoms with van der Waals surface area (Å²) in [4.78, 5) is 13.8. The molecular weight excluding hydrogens is 243 g/mol. The summed E-state index contributed by atoms with van der Waals surface area (Å²) in [5, 5.41) is 3.19. The minimum atomic E-state index is -0.257. The second-order valence-corrected chi connectivity index (χ2v) is 5.11. The van der Waals surface area contributed by atoms with E-state index in [1.54, 1.807) is 11.0 Å². The molecule has 2 rings (SSSR count). The van der Waals surface area contributed by atoms with Crippen molar-refractivity contribution in [2.24, 2.45) is 5.92 Å². The van der Waals surface area contributed by atoms with Gasteiger partial charge >= 0.3 is 0 Å². The number of benzene rings is 1. The van der Waals surface area contributed by atoms with Crippen LogP contribution in [0.25, 0.3) is 0 Å². The van der Waals surface area contributed by atoms with Crippen LogP contribution in [0.1, 0.15) is 25.3 Å². The van der Waals surface area contributed by atoms with Crippen molar-refractivity contribution in [2.45, 2.75) is 26.3 Å². The lowest BCUT2D eigenvalue weighted by molar-refractivity contribution is -0.130. The number of amides is 1. The molecule has 3 nitrogen and oxygen atoms in total. The van der Waals surface area contributed by atoms with Gasteiger partial charge in [0.1, 0.15) is 5.82 Å². The standard InChI is InChI=1S/C15H21FN2O/c1-2-18(11-13-4-3-5-14(16)8-13)15(19)10-17-9-12-6-7-12/h3-5,8,12,17H,2,6-7,9-11H2,1H3. The van der Waals surface area contributed by atoms with Crippen molar-refractivity contribution in [2.75, 3.05) is 19.6 Å². The highest BCUT2D eigenvalue weighted by Gasteiger charge is 2.21. The topological polar surface area (TPSA) is 32.3 Å². The maximum absolute atomic E-state index is 13.1. The van der Waals surface area contributed by atoms with E-state index in [1.807, 2.05) is 13.0 Å². The van der Waals surface area contributed by atoms with Crippen LogP contribution >= 0.6 is 0 Å². The molecular formula is C15H21FN2O. The van der Waals surface area contributed by atoms with Gasteiger partial charge in [-0.05, 0) is 49.9 Å². The molecule has 1 aromatic rings. The van der Waals surface area contributed by atoms with Crippen LogP contribution in [0.15, 0.2) is 24.3 Å². The molecule has 0 bridgehead atoms. The van der Waals surface area contributed by atoms with Crippen molar-refractivity contribution < 1.29 is 9.18 Å². The Hall–Kier alpha value is -1.42. The molecule has 4 heteroatoms. The highest BCUT2D eigenvalue weighted by atomic mass is 19.1. The van der Waals surface area contributed by atoms with E-state index in [9.17, 15) is 9.18 Å². The van der Waals surface area contributed by atoms with E-state index in [4.69, 9.17) is 0 Å². The fourth-order valence-electron chi connectivity index (χ4n) is 2.05. The summed E-state index contributed by atoms with van der Waals surface area (Å²) in [7, 11) is 0. The van der Waals surface area contributed by atoms with Crippen LogP contribution < -0.4 is 5.32 Å². The van der Waals surface area contributed by atoms with E-state index in [2.05, 4.69) is 5.32 Å². The Labute approximate surface area is 113 Å². The normalized spacial score (nSPS) is 14.4. The highest BCUT2D eigenvalue weighted by Crippen LogP contribution is 2.27. The molecule has 1 aromatic carbocycles. The summed E-state index contributed by atoms with van der Waals surface area (Å²) in [6.45, 7) is 4.36. The van der Waals surface area contributed by atoms with Gasteiger partial charge in [-0.3, -0.25) is 4.79 Å². The molecule has 104 valence electrons. The van der Waals surface area contributed by atoms with Gasteiger partial charge in [0.2, 0.25) is 5.91 Å². The maximum Gasteiger partial charge on any atom is 0.236 e. The van der Waals surface area contributed by atoms with Crippen molar-refractivity contribution in [3.05, 3.63) is 35.6 Å². The Balaban J connectivity index is 1.82. The predicted octanol–water partition coefficient (Wildman–Crippen LogP) is 2.17. The smallest absolute Gasteiger partial charge is 0.236 e. The fourth-order valence-corrected chi connectivity index (χ4v) is 2.05. The number of hydrogen-bond donors (Lipinski definition) is 1. The van der Waals surface area contributed by atoms with Crippen LogP contribution in [-0.2, 0) is 11.3 Å². The van der Waals surface area contributed by atoms with E-state index in [0.717, 1.165) is 18.0 Å². The van der Waals surface area contributed by atoms with Gasteiger partial charge in [-0.1, -0.05) is 12.1 Å². The number of hydrogen-bond acceptors (Lipinski definition) is 2. The van der Waals surface area contributed by atoms with E-state index >= 15 is 0 Å². The van der Waals surface area contributed by atoms with Gasteiger partial charge in [0.15, 0.2) is 0 Å². The number of carbonyl (C=O) groups excluding carboxylic acids is 1. The second-order valence-electron chi connectivity index (χ2n) is 5.11. The molecule has 0 unspecified atom stereocenters. The van der Waals surface area contributed by atoms with Crippen LogP contribution in [-0.4, -0.2) is 30.4 Å². The Morgan fingerprint density at radius 1 is 1.47 bits per heavy atom. The predicted molar refractivity (Wildman–Crippen MR) is 73.1 cm³/mol. The highest BCUT2D eigenvalue weighted by molar-refractivity contribution is 5.78. The number of nitrogens with one attached hydrogen (secondary N) is 1. The van der Waals surface area contributed by atoms with Gasteiger partial charge in [-0.2, -0.15) is 0 Å². The van der Waals surface area contributed by atoms with Crippen LogP contribution in [0.4, 0.5) is 4.39 Å². The molecule has 0 saturated heterocycles. The molecule has 1 aliphatic carbocycles. The molecule has 0 aliphatic heterocycles. The largest absolute Gasteiger partial charge is 0.338 e. The minimum absolute atomic E-state index is 0.0763. The number of likely N-dealkylation sites (N-methyl/N-ethyl adjacent to an activating group) is 1. The second kappa shape index (κ2) is 6.66. The van der Waals surface area contributed by atoms with Gasteiger partial charge in [0.25, 0.3) is 0 Å². The van der Waals surface area contributed by atoms with Crippen molar-refractivity contribution in [3.8, 4) is 0 Å². The first-order valence-corrected chi connectivity index (χ1v) is 6.92. The third-order valence-corrected chi connectivity index (χ3v) is 3.40. The first-order chi connectivity index (χ1) is 9.19. The average Bonchev–Trinajstić information content (AvgIpc) is 3.20. The summed E-state index contributed by atoms with van der Waals surface area (Å²) in [6, 6.07) is 6.41. The van der Waals surface area contributed by atoms with E-state index < -0.39 is 0 Å². The lowest BCUT2D eigenvalue weighted by Crippen LogP contribution is -2.38. The van der Waals surface area contributed by atoms with Gasteiger partial charge in [0, 0.05) is 13.1 Å². The van der Waals surface area contributed by atoms with Gasteiger partial charge in [0.05, 0.1) is 6.54 Å². The van der Waals surface area contributed by atoms with Crippen molar-refractivity contribution >= 4 is 5.91 Å². The molecule has 0 heterocycles. The fraction of sp³-hybridized carbons (Fsp3) is 0.533. The lowest BCUT2D eigenvalue weighted by Gasteiger charge is -2.21. The molecule has 0 spiro atoms. The van der Waals surface area contributed by atoms with Crippen LogP contribution in [0.5, 0.6) is 0 Å². The quantitative estimate of drug-likeness (QED) is 0.818. The number of nitrogens with zero attached hydrogens (tertiary/aromatic N) is 1. The Morgan fingerprint density at radius 2 is 2.26 bits per heavy atom. The first-order valence-electron chi connectivity index (χ1n) is 6.92. The van der Waals surface area contributed by atoms with E-state index in [-0.39, 0.29) is 11.7 Å². The summed E-state index contributed by atoms with van der Waals surface area (Å²) in [5.74, 6) is 0.589.